The summed E-state index contributed by atoms with van der Waals surface area (Å²) in [7, 11) is 0. The molecule has 0 aliphatic carbocycles. The molecular weight excluding hydrogens is 168 g/mol. The first-order valence-electron chi connectivity index (χ1n) is 4.27. The second-order valence-electron chi connectivity index (χ2n) is 3.35. The van der Waals surface area contributed by atoms with E-state index >= 15 is 0 Å². The van der Waals surface area contributed by atoms with Gasteiger partial charge in [-0.15, -0.1) is 11.3 Å². The van der Waals surface area contributed by atoms with E-state index in [-0.39, 0.29) is 0 Å². The molecule has 0 aliphatic rings. The molecule has 3 heteroatoms. The second kappa shape index (κ2) is 4.01. The van der Waals surface area contributed by atoms with E-state index in [4.69, 9.17) is 0 Å². The van der Waals surface area contributed by atoms with Crippen molar-refractivity contribution in [3.63, 3.8) is 0 Å². The van der Waals surface area contributed by atoms with Gasteiger partial charge in [-0.05, 0) is 13.8 Å². The number of hydrogen-bond donors (Lipinski definition) is 1. The van der Waals surface area contributed by atoms with Crippen LogP contribution in [0.3, 0.4) is 0 Å². The Morgan fingerprint density at radius 1 is 1.42 bits per heavy atom. The molecule has 0 fully saturated rings. The highest BCUT2D eigenvalue weighted by Gasteiger charge is 2.10. The minimum Gasteiger partial charge on any atom is -0.307 e. The van der Waals surface area contributed by atoms with Gasteiger partial charge in [0, 0.05) is 17.0 Å². The molecule has 1 atom stereocenters. The Balaban J connectivity index is 2.65. The van der Waals surface area contributed by atoms with Crippen molar-refractivity contribution < 1.29 is 0 Å². The second-order valence-corrected chi connectivity index (χ2v) is 4.23. The average molecular weight is 184 g/mol. The maximum Gasteiger partial charge on any atom is 0.0798 e. The van der Waals surface area contributed by atoms with Crippen LogP contribution in [0.15, 0.2) is 5.51 Å². The van der Waals surface area contributed by atoms with Crippen LogP contribution in [-0.2, 0) is 0 Å². The zero-order valence-corrected chi connectivity index (χ0v) is 8.90. The summed E-state index contributed by atoms with van der Waals surface area (Å²) in [5, 5.41) is 3.46. The molecule has 0 aromatic carbocycles. The molecule has 1 aromatic rings. The van der Waals surface area contributed by atoms with Crippen LogP contribution in [0.2, 0.25) is 0 Å². The lowest BCUT2D eigenvalue weighted by Crippen LogP contribution is -2.25. The highest BCUT2D eigenvalue weighted by molar-refractivity contribution is 7.09. The van der Waals surface area contributed by atoms with Gasteiger partial charge in [0.2, 0.25) is 0 Å². The summed E-state index contributed by atoms with van der Waals surface area (Å²) in [5.74, 6) is 0. The van der Waals surface area contributed by atoms with Gasteiger partial charge >= 0.3 is 0 Å². The molecule has 2 nitrogen and oxygen atoms in total. The van der Waals surface area contributed by atoms with Crippen molar-refractivity contribution in [1.29, 1.82) is 0 Å². The van der Waals surface area contributed by atoms with Crippen LogP contribution in [-0.4, -0.2) is 11.0 Å². The Morgan fingerprint density at radius 2 is 2.08 bits per heavy atom. The third-order valence-corrected chi connectivity index (χ3v) is 2.87. The quantitative estimate of drug-likeness (QED) is 0.780. The van der Waals surface area contributed by atoms with Gasteiger partial charge in [0.25, 0.3) is 0 Å². The number of thiazole rings is 1. The van der Waals surface area contributed by atoms with Gasteiger partial charge in [-0.2, -0.15) is 0 Å². The Hall–Kier alpha value is -0.410. The summed E-state index contributed by atoms with van der Waals surface area (Å²) in [5.41, 5.74) is 3.06. The highest BCUT2D eigenvalue weighted by atomic mass is 32.1. The molecule has 0 spiro atoms. The summed E-state index contributed by atoms with van der Waals surface area (Å²) in [6.45, 7) is 8.56. The van der Waals surface area contributed by atoms with Crippen LogP contribution in [0.4, 0.5) is 0 Å². The minimum absolute atomic E-state index is 0.428. The first kappa shape index (κ1) is 9.68. The SMILES string of the molecule is Cc1ncsc1C(C)NC(C)C. The van der Waals surface area contributed by atoms with Crippen LogP contribution >= 0.6 is 11.3 Å². The van der Waals surface area contributed by atoms with Crippen LogP contribution < -0.4 is 5.32 Å². The summed E-state index contributed by atoms with van der Waals surface area (Å²) >= 11 is 1.73. The van der Waals surface area contributed by atoms with Gasteiger partial charge in [-0.3, -0.25) is 0 Å². The van der Waals surface area contributed by atoms with Crippen molar-refractivity contribution in [2.45, 2.75) is 39.8 Å². The van der Waals surface area contributed by atoms with E-state index in [1.54, 1.807) is 11.3 Å². The van der Waals surface area contributed by atoms with Crippen LogP contribution in [0, 0.1) is 6.92 Å². The van der Waals surface area contributed by atoms with Gasteiger partial charge in [-0.25, -0.2) is 4.98 Å². The smallest absolute Gasteiger partial charge is 0.0798 e. The number of aromatic nitrogens is 1. The van der Waals surface area contributed by atoms with Crippen molar-refractivity contribution in [3.8, 4) is 0 Å². The maximum absolute atomic E-state index is 4.22. The monoisotopic (exact) mass is 184 g/mol. The maximum atomic E-state index is 4.22. The molecule has 0 aliphatic heterocycles. The number of hydrogen-bond acceptors (Lipinski definition) is 3. The minimum atomic E-state index is 0.428. The molecule has 1 aromatic heterocycles. The molecule has 0 saturated carbocycles. The predicted octanol–water partition coefficient (Wildman–Crippen LogP) is 2.51. The van der Waals surface area contributed by atoms with Crippen LogP contribution in [0.1, 0.15) is 37.4 Å². The summed E-state index contributed by atoms with van der Waals surface area (Å²) in [6, 6.07) is 0.957. The van der Waals surface area contributed by atoms with Gasteiger partial charge < -0.3 is 5.32 Å². The standard InChI is InChI=1S/C9H16N2S/c1-6(2)11-8(4)9-7(3)10-5-12-9/h5-6,8,11H,1-4H3. The Morgan fingerprint density at radius 3 is 2.50 bits per heavy atom. The van der Waals surface area contributed by atoms with Crippen molar-refractivity contribution >= 4 is 11.3 Å². The van der Waals surface area contributed by atoms with Gasteiger partial charge in [-0.1, -0.05) is 13.8 Å². The zero-order chi connectivity index (χ0) is 9.14. The third-order valence-electron chi connectivity index (χ3n) is 1.76. The molecule has 1 rings (SSSR count). The topological polar surface area (TPSA) is 24.9 Å². The molecule has 0 amide bonds. The van der Waals surface area contributed by atoms with Crippen molar-refractivity contribution in [2.75, 3.05) is 0 Å². The Bertz CT molecular complexity index is 242. The number of nitrogens with one attached hydrogen (secondary N) is 1. The van der Waals surface area contributed by atoms with Crippen LogP contribution in [0.5, 0.6) is 0 Å². The van der Waals surface area contributed by atoms with E-state index in [0.29, 0.717) is 12.1 Å². The van der Waals surface area contributed by atoms with E-state index in [0.717, 1.165) is 5.69 Å². The number of rotatable bonds is 3. The molecule has 12 heavy (non-hydrogen) atoms. The van der Waals surface area contributed by atoms with Crippen molar-refractivity contribution in [1.82, 2.24) is 10.3 Å². The lowest BCUT2D eigenvalue weighted by atomic mass is 10.2. The third kappa shape index (κ3) is 2.29. The average Bonchev–Trinajstić information content (AvgIpc) is 2.33. The summed E-state index contributed by atoms with van der Waals surface area (Å²) < 4.78 is 0. The molecule has 1 unspecified atom stereocenters. The fourth-order valence-electron chi connectivity index (χ4n) is 1.30. The highest BCUT2D eigenvalue weighted by Crippen LogP contribution is 2.21. The largest absolute Gasteiger partial charge is 0.307 e. The van der Waals surface area contributed by atoms with Gasteiger partial charge in [0.15, 0.2) is 0 Å². The lowest BCUT2D eigenvalue weighted by Gasteiger charge is -2.15. The molecule has 1 heterocycles. The van der Waals surface area contributed by atoms with E-state index in [1.165, 1.54) is 4.88 Å². The molecule has 0 bridgehead atoms. The number of nitrogens with zero attached hydrogens (tertiary/aromatic N) is 1. The molecule has 68 valence electrons. The van der Waals surface area contributed by atoms with Crippen LogP contribution in [0.25, 0.3) is 0 Å². The fourth-order valence-corrected chi connectivity index (χ4v) is 2.12. The van der Waals surface area contributed by atoms with Crippen molar-refractivity contribution in [3.05, 3.63) is 16.1 Å². The Labute approximate surface area is 78.0 Å². The fraction of sp³-hybridized carbons (Fsp3) is 0.667. The van der Waals surface area contributed by atoms with Crippen molar-refractivity contribution in [2.24, 2.45) is 0 Å². The molecule has 1 N–H and O–H groups in total. The van der Waals surface area contributed by atoms with Gasteiger partial charge in [0.05, 0.1) is 11.2 Å². The first-order chi connectivity index (χ1) is 5.61. The number of aryl methyl sites for hydroxylation is 1. The van der Waals surface area contributed by atoms with E-state index in [9.17, 15) is 0 Å². The van der Waals surface area contributed by atoms with E-state index in [2.05, 4.69) is 38.0 Å². The lowest BCUT2D eigenvalue weighted by molar-refractivity contribution is 0.510. The first-order valence-corrected chi connectivity index (χ1v) is 5.15. The van der Waals surface area contributed by atoms with E-state index < -0.39 is 0 Å². The summed E-state index contributed by atoms with van der Waals surface area (Å²) in [6.07, 6.45) is 0. The molecule has 0 saturated heterocycles. The molecule has 0 radical (unpaired) electrons. The normalized spacial score (nSPS) is 13.8. The zero-order valence-electron chi connectivity index (χ0n) is 8.09. The predicted molar refractivity (Wildman–Crippen MR) is 53.5 cm³/mol. The summed E-state index contributed by atoms with van der Waals surface area (Å²) in [4.78, 5) is 5.57. The Kier molecular flexibility index (Phi) is 3.23. The van der Waals surface area contributed by atoms with Gasteiger partial charge in [0.1, 0.15) is 0 Å². The van der Waals surface area contributed by atoms with E-state index in [1.807, 2.05) is 5.51 Å². The molecular formula is C9H16N2S.